The predicted molar refractivity (Wildman–Crippen MR) is 97.9 cm³/mol. The van der Waals surface area contributed by atoms with Gasteiger partial charge in [-0.05, 0) is 48.7 Å². The smallest absolute Gasteiger partial charge is 0.274 e. The largest absolute Gasteiger partial charge is 0.493 e. The third-order valence-corrected chi connectivity index (χ3v) is 4.98. The molecule has 6 nitrogen and oxygen atoms in total. The molecule has 0 unspecified atom stereocenters. The van der Waals surface area contributed by atoms with Crippen LogP contribution in [0.25, 0.3) is 5.65 Å². The van der Waals surface area contributed by atoms with Crippen LogP contribution < -0.4 is 9.47 Å². The molecule has 0 saturated heterocycles. The van der Waals surface area contributed by atoms with Gasteiger partial charge in [-0.25, -0.2) is 4.98 Å². The van der Waals surface area contributed by atoms with Crippen LogP contribution in [0.1, 0.15) is 27.3 Å². The van der Waals surface area contributed by atoms with Crippen LogP contribution in [0, 0.1) is 6.92 Å². The lowest BCUT2D eigenvalue weighted by atomic mass is 9.98. The van der Waals surface area contributed by atoms with Crippen molar-refractivity contribution in [2.24, 2.45) is 0 Å². The molecule has 0 fully saturated rings. The number of benzene rings is 1. The summed E-state index contributed by atoms with van der Waals surface area (Å²) >= 11 is 0. The molecule has 0 saturated carbocycles. The lowest BCUT2D eigenvalue weighted by molar-refractivity contribution is 0.0728. The number of hydrogen-bond donors (Lipinski definition) is 0. The fourth-order valence-electron chi connectivity index (χ4n) is 3.53. The maximum absolute atomic E-state index is 13.1. The molecule has 2 aromatic heterocycles. The van der Waals surface area contributed by atoms with Gasteiger partial charge in [-0.15, -0.1) is 0 Å². The van der Waals surface area contributed by atoms with Crippen LogP contribution in [0.15, 0.2) is 36.5 Å². The van der Waals surface area contributed by atoms with E-state index >= 15 is 0 Å². The van der Waals surface area contributed by atoms with E-state index in [4.69, 9.17) is 9.47 Å². The van der Waals surface area contributed by atoms with Crippen molar-refractivity contribution in [2.45, 2.75) is 19.9 Å². The van der Waals surface area contributed by atoms with E-state index in [-0.39, 0.29) is 5.91 Å². The van der Waals surface area contributed by atoms with E-state index < -0.39 is 0 Å². The number of rotatable bonds is 3. The number of hydrogen-bond acceptors (Lipinski definition) is 4. The standard InChI is InChI=1S/C20H21N3O3/c1-13-19(21-18-6-4-5-8-23(13)18)20(24)22-9-7-14-10-16(25-2)17(26-3)11-15(14)12-22/h4-6,8,10-11H,7,9,12H2,1-3H3. The first-order valence-corrected chi connectivity index (χ1v) is 8.59. The summed E-state index contributed by atoms with van der Waals surface area (Å²) in [6, 6.07) is 9.74. The normalized spacial score (nSPS) is 13.6. The number of aryl methyl sites for hydroxylation is 1. The van der Waals surface area contributed by atoms with Crippen molar-refractivity contribution in [3.8, 4) is 11.5 Å². The van der Waals surface area contributed by atoms with Crippen LogP contribution in [0.3, 0.4) is 0 Å². The fourth-order valence-corrected chi connectivity index (χ4v) is 3.53. The molecular formula is C20H21N3O3. The van der Waals surface area contributed by atoms with Gasteiger partial charge in [0.15, 0.2) is 11.5 Å². The third-order valence-electron chi connectivity index (χ3n) is 4.98. The number of fused-ring (bicyclic) bond motifs is 2. The minimum Gasteiger partial charge on any atom is -0.493 e. The van der Waals surface area contributed by atoms with Gasteiger partial charge in [0.1, 0.15) is 11.3 Å². The minimum absolute atomic E-state index is 0.0355. The van der Waals surface area contributed by atoms with Crippen molar-refractivity contribution in [3.63, 3.8) is 0 Å². The van der Waals surface area contributed by atoms with Gasteiger partial charge in [0.25, 0.3) is 5.91 Å². The Bertz CT molecular complexity index is 993. The Kier molecular flexibility index (Phi) is 4.03. The molecule has 1 aliphatic heterocycles. The molecule has 0 aliphatic carbocycles. The van der Waals surface area contributed by atoms with Crippen LogP contribution in [0.2, 0.25) is 0 Å². The first-order valence-electron chi connectivity index (χ1n) is 8.59. The van der Waals surface area contributed by atoms with E-state index in [9.17, 15) is 4.79 Å². The number of carbonyl (C=O) groups excluding carboxylic acids is 1. The number of nitrogens with zero attached hydrogens (tertiary/aromatic N) is 3. The van der Waals surface area contributed by atoms with E-state index in [0.29, 0.717) is 24.5 Å². The quantitative estimate of drug-likeness (QED) is 0.728. The van der Waals surface area contributed by atoms with E-state index in [0.717, 1.165) is 29.1 Å². The Morgan fingerprint density at radius 3 is 2.54 bits per heavy atom. The maximum atomic E-state index is 13.1. The molecule has 0 atom stereocenters. The lowest BCUT2D eigenvalue weighted by Crippen LogP contribution is -2.36. The summed E-state index contributed by atoms with van der Waals surface area (Å²) in [6.07, 6.45) is 2.71. The molecule has 1 aromatic carbocycles. The van der Waals surface area contributed by atoms with Crippen LogP contribution in [0.4, 0.5) is 0 Å². The van der Waals surface area contributed by atoms with E-state index in [1.165, 1.54) is 5.56 Å². The molecule has 0 N–H and O–H groups in total. The number of pyridine rings is 1. The summed E-state index contributed by atoms with van der Waals surface area (Å²) < 4.78 is 12.7. The van der Waals surface area contributed by atoms with Gasteiger partial charge in [0.2, 0.25) is 0 Å². The van der Waals surface area contributed by atoms with Gasteiger partial charge in [0.05, 0.1) is 19.9 Å². The molecule has 26 heavy (non-hydrogen) atoms. The van der Waals surface area contributed by atoms with Gasteiger partial charge in [-0.1, -0.05) is 6.07 Å². The maximum Gasteiger partial charge on any atom is 0.274 e. The second-order valence-corrected chi connectivity index (χ2v) is 6.43. The zero-order valence-electron chi connectivity index (χ0n) is 15.2. The van der Waals surface area contributed by atoms with Gasteiger partial charge in [-0.2, -0.15) is 0 Å². The number of aromatic nitrogens is 2. The Morgan fingerprint density at radius 2 is 1.85 bits per heavy atom. The highest BCUT2D eigenvalue weighted by atomic mass is 16.5. The van der Waals surface area contributed by atoms with Gasteiger partial charge < -0.3 is 18.8 Å². The summed E-state index contributed by atoms with van der Waals surface area (Å²) in [5.74, 6) is 1.37. The van der Waals surface area contributed by atoms with Crippen LogP contribution >= 0.6 is 0 Å². The van der Waals surface area contributed by atoms with Crippen molar-refractivity contribution < 1.29 is 14.3 Å². The highest BCUT2D eigenvalue weighted by molar-refractivity contribution is 5.94. The van der Waals surface area contributed by atoms with Crippen molar-refractivity contribution in [1.29, 1.82) is 0 Å². The molecule has 0 radical (unpaired) electrons. The molecule has 3 heterocycles. The Morgan fingerprint density at radius 1 is 1.12 bits per heavy atom. The van der Waals surface area contributed by atoms with E-state index in [1.807, 2.05) is 52.8 Å². The molecule has 1 aliphatic rings. The van der Waals surface area contributed by atoms with Crippen molar-refractivity contribution in [1.82, 2.24) is 14.3 Å². The first-order chi connectivity index (χ1) is 12.6. The number of ether oxygens (including phenoxy) is 2. The van der Waals surface area contributed by atoms with Gasteiger partial charge in [-0.3, -0.25) is 4.79 Å². The Balaban J connectivity index is 1.65. The molecule has 1 amide bonds. The molecular weight excluding hydrogens is 330 g/mol. The zero-order chi connectivity index (χ0) is 18.3. The summed E-state index contributed by atoms with van der Waals surface area (Å²) in [5, 5.41) is 0. The monoisotopic (exact) mass is 351 g/mol. The summed E-state index contributed by atoms with van der Waals surface area (Å²) in [7, 11) is 3.26. The highest BCUT2D eigenvalue weighted by Gasteiger charge is 2.26. The average molecular weight is 351 g/mol. The average Bonchev–Trinajstić information content (AvgIpc) is 3.02. The summed E-state index contributed by atoms with van der Waals surface area (Å²) in [4.78, 5) is 19.5. The number of amides is 1. The highest BCUT2D eigenvalue weighted by Crippen LogP contribution is 2.33. The summed E-state index contributed by atoms with van der Waals surface area (Å²) in [6.45, 7) is 3.13. The van der Waals surface area contributed by atoms with Crippen molar-refractivity contribution >= 4 is 11.6 Å². The SMILES string of the molecule is COc1cc2c(cc1OC)CN(C(=O)c1nc3ccccn3c1C)CC2. The second-order valence-electron chi connectivity index (χ2n) is 6.43. The number of methoxy groups -OCH3 is 2. The molecule has 0 spiro atoms. The predicted octanol–water partition coefficient (Wildman–Crippen LogP) is 2.86. The van der Waals surface area contributed by atoms with Gasteiger partial charge in [0, 0.05) is 19.3 Å². The van der Waals surface area contributed by atoms with E-state index in [1.54, 1.807) is 14.2 Å². The van der Waals surface area contributed by atoms with Crippen molar-refractivity contribution in [2.75, 3.05) is 20.8 Å². The van der Waals surface area contributed by atoms with Crippen LogP contribution in [-0.4, -0.2) is 41.0 Å². The third kappa shape index (κ3) is 2.58. The van der Waals surface area contributed by atoms with E-state index in [2.05, 4.69) is 4.98 Å². The zero-order valence-corrected chi connectivity index (χ0v) is 15.2. The topological polar surface area (TPSA) is 56.1 Å². The van der Waals surface area contributed by atoms with Crippen LogP contribution in [0.5, 0.6) is 11.5 Å². The molecule has 3 aromatic rings. The fraction of sp³-hybridized carbons (Fsp3) is 0.300. The van der Waals surface area contributed by atoms with Crippen molar-refractivity contribution in [3.05, 3.63) is 59.0 Å². The summed E-state index contributed by atoms with van der Waals surface area (Å²) in [5.41, 5.74) is 4.45. The Hall–Kier alpha value is -3.02. The minimum atomic E-state index is -0.0355. The molecule has 134 valence electrons. The number of carbonyl (C=O) groups is 1. The first kappa shape index (κ1) is 16.4. The van der Waals surface area contributed by atoms with Gasteiger partial charge >= 0.3 is 0 Å². The molecule has 4 rings (SSSR count). The Labute approximate surface area is 152 Å². The molecule has 0 bridgehead atoms. The van der Waals surface area contributed by atoms with Crippen LogP contribution in [-0.2, 0) is 13.0 Å². The lowest BCUT2D eigenvalue weighted by Gasteiger charge is -2.29. The molecule has 6 heteroatoms. The second kappa shape index (κ2) is 6.37. The number of imidazole rings is 1.